The van der Waals surface area contributed by atoms with Crippen molar-refractivity contribution in [2.24, 2.45) is 0 Å². The molecule has 1 atom stereocenters. The molecular weight excluding hydrogens is 288 g/mol. The fraction of sp³-hybridized carbons (Fsp3) is 0.286. The van der Waals surface area contributed by atoms with Crippen molar-refractivity contribution in [1.29, 1.82) is 5.26 Å². The number of morpholine rings is 1. The number of hydrogen-bond acceptors (Lipinski definition) is 6. The van der Waals surface area contributed by atoms with Gasteiger partial charge in [0.05, 0.1) is 24.8 Å². The van der Waals surface area contributed by atoms with Crippen molar-refractivity contribution < 1.29 is 19.2 Å². The summed E-state index contributed by atoms with van der Waals surface area (Å²) in [5.74, 6) is 0.488. The number of benzene rings is 1. The van der Waals surface area contributed by atoms with Gasteiger partial charge in [0.2, 0.25) is 5.82 Å². The Bertz CT molecular complexity index is 736. The summed E-state index contributed by atoms with van der Waals surface area (Å²) in [6.45, 7) is 0.766. The first-order valence-corrected chi connectivity index (χ1v) is 6.60. The maximum Gasteiger partial charge on any atom is 0.408 e. The van der Waals surface area contributed by atoms with Gasteiger partial charge in [-0.25, -0.2) is 4.79 Å². The lowest BCUT2D eigenvalue weighted by molar-refractivity contribution is -0.0113. The molecule has 1 aliphatic heterocycles. The topological polar surface area (TPSA) is 112 Å². The predicted octanol–water partition coefficient (Wildman–Crippen LogP) is 1.66. The van der Waals surface area contributed by atoms with E-state index in [-0.39, 0.29) is 19.0 Å². The highest BCUT2D eigenvalue weighted by molar-refractivity contribution is 5.65. The molecule has 2 aromatic rings. The number of aromatic nitrogens is 2. The average Bonchev–Trinajstić information content (AvgIpc) is 3.05. The predicted molar refractivity (Wildman–Crippen MR) is 72.7 cm³/mol. The van der Waals surface area contributed by atoms with Gasteiger partial charge in [-0.2, -0.15) is 10.2 Å². The van der Waals surface area contributed by atoms with E-state index in [0.717, 1.165) is 0 Å². The standard InChI is InChI=1S/C14H12N4O4/c15-7-9-2-1-3-10(6-9)12-16-13(22-17-12)11-8-21-5-4-18(11)14(19)20/h1-3,6,11H,4-5,8H2,(H,19,20). The Labute approximate surface area is 125 Å². The van der Waals surface area contributed by atoms with Crippen LogP contribution in [-0.2, 0) is 4.74 Å². The lowest BCUT2D eigenvalue weighted by atomic mass is 10.1. The van der Waals surface area contributed by atoms with Crippen LogP contribution in [0.3, 0.4) is 0 Å². The van der Waals surface area contributed by atoms with E-state index >= 15 is 0 Å². The molecule has 112 valence electrons. The molecule has 1 aliphatic rings. The zero-order valence-electron chi connectivity index (χ0n) is 11.5. The Hall–Kier alpha value is -2.92. The van der Waals surface area contributed by atoms with E-state index in [1.807, 2.05) is 6.07 Å². The molecular formula is C14H12N4O4. The van der Waals surface area contributed by atoms with Gasteiger partial charge in [-0.3, -0.25) is 4.90 Å². The molecule has 0 spiro atoms. The fourth-order valence-electron chi connectivity index (χ4n) is 2.25. The summed E-state index contributed by atoms with van der Waals surface area (Å²) >= 11 is 0. The molecule has 3 rings (SSSR count). The van der Waals surface area contributed by atoms with Gasteiger partial charge < -0.3 is 14.4 Å². The van der Waals surface area contributed by atoms with Crippen molar-refractivity contribution in [2.45, 2.75) is 6.04 Å². The molecule has 8 nitrogen and oxygen atoms in total. The van der Waals surface area contributed by atoms with Crippen molar-refractivity contribution in [2.75, 3.05) is 19.8 Å². The van der Waals surface area contributed by atoms with Crippen LogP contribution in [-0.4, -0.2) is 46.0 Å². The van der Waals surface area contributed by atoms with Crippen molar-refractivity contribution in [3.8, 4) is 17.5 Å². The number of nitrogens with zero attached hydrogens (tertiary/aromatic N) is 4. The summed E-state index contributed by atoms with van der Waals surface area (Å²) < 4.78 is 10.5. The number of carbonyl (C=O) groups is 1. The second-order valence-corrected chi connectivity index (χ2v) is 4.72. The third-order valence-electron chi connectivity index (χ3n) is 3.35. The van der Waals surface area contributed by atoms with Crippen LogP contribution in [0.4, 0.5) is 4.79 Å². The Morgan fingerprint density at radius 3 is 3.14 bits per heavy atom. The van der Waals surface area contributed by atoms with Crippen molar-refractivity contribution in [3.05, 3.63) is 35.7 Å². The minimum atomic E-state index is -1.06. The van der Waals surface area contributed by atoms with Crippen LogP contribution in [0.5, 0.6) is 0 Å². The summed E-state index contributed by atoms with van der Waals surface area (Å²) in [5, 5.41) is 22.0. The minimum Gasteiger partial charge on any atom is -0.465 e. The smallest absolute Gasteiger partial charge is 0.408 e. The molecule has 1 aromatic heterocycles. The Morgan fingerprint density at radius 1 is 1.50 bits per heavy atom. The van der Waals surface area contributed by atoms with Crippen molar-refractivity contribution >= 4 is 6.09 Å². The second-order valence-electron chi connectivity index (χ2n) is 4.72. The number of amides is 1. The van der Waals surface area contributed by atoms with Gasteiger partial charge in [-0.15, -0.1) is 0 Å². The van der Waals surface area contributed by atoms with E-state index in [2.05, 4.69) is 10.1 Å². The molecule has 0 saturated carbocycles. The van der Waals surface area contributed by atoms with Gasteiger partial charge in [0.1, 0.15) is 6.04 Å². The van der Waals surface area contributed by atoms with E-state index in [0.29, 0.717) is 23.6 Å². The van der Waals surface area contributed by atoms with Gasteiger partial charge in [0.25, 0.3) is 5.89 Å². The number of rotatable bonds is 2. The molecule has 0 aliphatic carbocycles. The van der Waals surface area contributed by atoms with E-state index in [1.54, 1.807) is 24.3 Å². The lowest BCUT2D eigenvalue weighted by Crippen LogP contribution is -2.42. The lowest BCUT2D eigenvalue weighted by Gasteiger charge is -2.30. The number of carboxylic acid groups (broad SMARTS) is 1. The Kier molecular flexibility index (Phi) is 3.72. The molecule has 1 fully saturated rings. The largest absolute Gasteiger partial charge is 0.465 e. The summed E-state index contributed by atoms with van der Waals surface area (Å²) in [6.07, 6.45) is -1.06. The zero-order valence-corrected chi connectivity index (χ0v) is 11.5. The van der Waals surface area contributed by atoms with Crippen LogP contribution >= 0.6 is 0 Å². The van der Waals surface area contributed by atoms with Gasteiger partial charge >= 0.3 is 6.09 Å². The molecule has 8 heteroatoms. The summed E-state index contributed by atoms with van der Waals surface area (Å²) in [4.78, 5) is 16.7. The summed E-state index contributed by atoms with van der Waals surface area (Å²) in [6, 6.07) is 8.20. The second kappa shape index (κ2) is 5.83. The molecule has 1 amide bonds. The highest BCUT2D eigenvalue weighted by Crippen LogP contribution is 2.25. The van der Waals surface area contributed by atoms with Crippen molar-refractivity contribution in [3.63, 3.8) is 0 Å². The van der Waals surface area contributed by atoms with Gasteiger partial charge in [-0.1, -0.05) is 17.3 Å². The average molecular weight is 300 g/mol. The first-order chi connectivity index (χ1) is 10.7. The van der Waals surface area contributed by atoms with E-state index < -0.39 is 12.1 Å². The Morgan fingerprint density at radius 2 is 2.36 bits per heavy atom. The quantitative estimate of drug-likeness (QED) is 0.897. The number of nitriles is 1. The minimum absolute atomic E-state index is 0.173. The highest BCUT2D eigenvalue weighted by Gasteiger charge is 2.32. The maximum absolute atomic E-state index is 11.2. The summed E-state index contributed by atoms with van der Waals surface area (Å²) in [7, 11) is 0. The number of ether oxygens (including phenoxy) is 1. The third-order valence-corrected chi connectivity index (χ3v) is 3.35. The third kappa shape index (κ3) is 2.62. The van der Waals surface area contributed by atoms with Crippen LogP contribution in [0, 0.1) is 11.3 Å². The summed E-state index contributed by atoms with van der Waals surface area (Å²) in [5.41, 5.74) is 1.12. The monoisotopic (exact) mass is 300 g/mol. The molecule has 1 aromatic carbocycles. The number of hydrogen-bond donors (Lipinski definition) is 1. The van der Waals surface area contributed by atoms with Crippen molar-refractivity contribution in [1.82, 2.24) is 15.0 Å². The fourth-order valence-corrected chi connectivity index (χ4v) is 2.25. The molecule has 1 saturated heterocycles. The van der Waals surface area contributed by atoms with Crippen LogP contribution in [0.15, 0.2) is 28.8 Å². The first-order valence-electron chi connectivity index (χ1n) is 6.60. The van der Waals surface area contributed by atoms with Gasteiger partial charge in [0, 0.05) is 12.1 Å². The van der Waals surface area contributed by atoms with Crippen LogP contribution in [0.1, 0.15) is 17.5 Å². The van der Waals surface area contributed by atoms with Gasteiger partial charge in [-0.05, 0) is 12.1 Å². The normalized spacial score (nSPS) is 18.0. The van der Waals surface area contributed by atoms with Gasteiger partial charge in [0.15, 0.2) is 0 Å². The molecule has 1 N–H and O–H groups in total. The SMILES string of the molecule is N#Cc1cccc(-c2noc(C3COCCN3C(=O)O)n2)c1. The van der Waals surface area contributed by atoms with Crippen LogP contribution in [0.2, 0.25) is 0 Å². The molecule has 1 unspecified atom stereocenters. The molecule has 22 heavy (non-hydrogen) atoms. The van der Waals surface area contributed by atoms with E-state index in [9.17, 15) is 9.90 Å². The highest BCUT2D eigenvalue weighted by atomic mass is 16.5. The molecule has 0 radical (unpaired) electrons. The molecule has 2 heterocycles. The maximum atomic E-state index is 11.2. The van der Waals surface area contributed by atoms with Crippen LogP contribution < -0.4 is 0 Å². The molecule has 0 bridgehead atoms. The van der Waals surface area contributed by atoms with E-state index in [1.165, 1.54) is 4.90 Å². The Balaban J connectivity index is 1.89. The first kappa shape index (κ1) is 14.0. The van der Waals surface area contributed by atoms with E-state index in [4.69, 9.17) is 14.5 Å². The zero-order chi connectivity index (χ0) is 15.5. The van der Waals surface area contributed by atoms with Crippen LogP contribution in [0.25, 0.3) is 11.4 Å².